The summed E-state index contributed by atoms with van der Waals surface area (Å²) in [4.78, 5) is 16.6. The average Bonchev–Trinajstić information content (AvgIpc) is 3.12. The van der Waals surface area contributed by atoms with Crippen LogP contribution in [0, 0.1) is 6.92 Å². The van der Waals surface area contributed by atoms with Crippen LogP contribution in [-0.4, -0.2) is 17.7 Å². The molecule has 1 amide bonds. The Bertz CT molecular complexity index is 955. The summed E-state index contributed by atoms with van der Waals surface area (Å²) in [5, 5.41) is 6.10. The number of benzene rings is 2. The van der Waals surface area contributed by atoms with E-state index in [1.165, 1.54) is 0 Å². The molecule has 1 aliphatic heterocycles. The molecule has 0 radical (unpaired) electrons. The summed E-state index contributed by atoms with van der Waals surface area (Å²) in [6.07, 6.45) is 1.64. The molecule has 0 saturated heterocycles. The highest BCUT2D eigenvalue weighted by Crippen LogP contribution is 2.34. The Morgan fingerprint density at radius 1 is 1.00 bits per heavy atom. The van der Waals surface area contributed by atoms with Crippen LogP contribution < -0.4 is 20.1 Å². The highest BCUT2D eigenvalue weighted by Gasteiger charge is 2.15. The number of nitrogens with zero attached hydrogens (tertiary/aromatic N) is 1. The van der Waals surface area contributed by atoms with Gasteiger partial charge in [0, 0.05) is 17.4 Å². The van der Waals surface area contributed by atoms with Gasteiger partial charge < -0.3 is 20.1 Å². The van der Waals surface area contributed by atoms with E-state index in [1.54, 1.807) is 30.5 Å². The number of aryl methyl sites for hydroxylation is 1. The van der Waals surface area contributed by atoms with Crippen molar-refractivity contribution in [3.63, 3.8) is 0 Å². The van der Waals surface area contributed by atoms with Crippen LogP contribution >= 0.6 is 0 Å². The number of fused-ring (bicyclic) bond motifs is 1. The summed E-state index contributed by atoms with van der Waals surface area (Å²) in [5.74, 6) is 1.01. The SMILES string of the molecule is Cc1ccccc1Nc1ccc(C(=O)Nc2ccc3c(c2)OCO3)nc1. The van der Waals surface area contributed by atoms with Crippen LogP contribution in [0.2, 0.25) is 0 Å². The van der Waals surface area contributed by atoms with Gasteiger partial charge in [0.25, 0.3) is 5.91 Å². The first-order valence-corrected chi connectivity index (χ1v) is 8.19. The lowest BCUT2D eigenvalue weighted by molar-refractivity contribution is 0.102. The van der Waals surface area contributed by atoms with Gasteiger partial charge in [-0.2, -0.15) is 0 Å². The number of hydrogen-bond acceptors (Lipinski definition) is 5. The normalized spacial score (nSPS) is 11.9. The molecule has 2 N–H and O–H groups in total. The van der Waals surface area contributed by atoms with Crippen LogP contribution in [-0.2, 0) is 0 Å². The Balaban J connectivity index is 1.44. The van der Waals surface area contributed by atoms with Crippen LogP contribution in [0.4, 0.5) is 17.1 Å². The molecule has 0 bridgehead atoms. The molecule has 4 rings (SSSR count). The van der Waals surface area contributed by atoms with E-state index < -0.39 is 0 Å². The highest BCUT2D eigenvalue weighted by molar-refractivity contribution is 6.03. The van der Waals surface area contributed by atoms with Gasteiger partial charge in [-0.1, -0.05) is 18.2 Å². The van der Waals surface area contributed by atoms with E-state index in [0.717, 1.165) is 16.9 Å². The average molecular weight is 347 g/mol. The molecule has 1 aromatic heterocycles. The van der Waals surface area contributed by atoms with Crippen molar-refractivity contribution in [3.8, 4) is 11.5 Å². The fraction of sp³-hybridized carbons (Fsp3) is 0.100. The number of anilines is 3. The smallest absolute Gasteiger partial charge is 0.274 e. The molecule has 0 saturated carbocycles. The summed E-state index contributed by atoms with van der Waals surface area (Å²) in [6.45, 7) is 2.23. The summed E-state index contributed by atoms with van der Waals surface area (Å²) >= 11 is 0. The summed E-state index contributed by atoms with van der Waals surface area (Å²) in [6, 6.07) is 16.8. The van der Waals surface area contributed by atoms with Gasteiger partial charge in [0.1, 0.15) is 5.69 Å². The first-order chi connectivity index (χ1) is 12.7. The first kappa shape index (κ1) is 16.0. The number of pyridine rings is 1. The third-order valence-corrected chi connectivity index (χ3v) is 4.05. The maximum atomic E-state index is 12.4. The van der Waals surface area contributed by atoms with Crippen molar-refractivity contribution >= 4 is 23.0 Å². The monoisotopic (exact) mass is 347 g/mol. The molecule has 3 aromatic rings. The molecule has 130 valence electrons. The Kier molecular flexibility index (Phi) is 4.15. The lowest BCUT2D eigenvalue weighted by Crippen LogP contribution is -2.13. The molecule has 6 nitrogen and oxygen atoms in total. The Hall–Kier alpha value is -3.54. The molecule has 2 heterocycles. The van der Waals surface area contributed by atoms with Crippen molar-refractivity contribution in [2.45, 2.75) is 6.92 Å². The minimum absolute atomic E-state index is 0.198. The van der Waals surface area contributed by atoms with Crippen LogP contribution in [0.3, 0.4) is 0 Å². The van der Waals surface area contributed by atoms with Crippen LogP contribution in [0.15, 0.2) is 60.8 Å². The quantitative estimate of drug-likeness (QED) is 0.743. The number of carbonyl (C=O) groups excluding carboxylic acids is 1. The molecule has 1 aliphatic rings. The molecule has 0 spiro atoms. The van der Waals surface area contributed by atoms with E-state index >= 15 is 0 Å². The van der Waals surface area contributed by atoms with E-state index in [4.69, 9.17) is 9.47 Å². The fourth-order valence-corrected chi connectivity index (χ4v) is 2.64. The van der Waals surface area contributed by atoms with Gasteiger partial charge in [-0.15, -0.1) is 0 Å². The second-order valence-corrected chi connectivity index (χ2v) is 5.89. The zero-order valence-electron chi connectivity index (χ0n) is 14.2. The van der Waals surface area contributed by atoms with Crippen LogP contribution in [0.5, 0.6) is 11.5 Å². The van der Waals surface area contributed by atoms with E-state index in [1.807, 2.05) is 37.3 Å². The Morgan fingerprint density at radius 3 is 2.62 bits per heavy atom. The van der Waals surface area contributed by atoms with Gasteiger partial charge in [-0.25, -0.2) is 4.98 Å². The van der Waals surface area contributed by atoms with E-state index in [-0.39, 0.29) is 12.7 Å². The van der Waals surface area contributed by atoms with Crippen LogP contribution in [0.25, 0.3) is 0 Å². The molecular weight excluding hydrogens is 330 g/mol. The number of ether oxygens (including phenoxy) is 2. The molecule has 6 heteroatoms. The number of nitrogens with one attached hydrogen (secondary N) is 2. The maximum Gasteiger partial charge on any atom is 0.274 e. The molecule has 0 aliphatic carbocycles. The lowest BCUT2D eigenvalue weighted by atomic mass is 10.2. The van der Waals surface area contributed by atoms with Crippen molar-refractivity contribution < 1.29 is 14.3 Å². The third kappa shape index (κ3) is 3.30. The van der Waals surface area contributed by atoms with Crippen molar-refractivity contribution in [2.75, 3.05) is 17.4 Å². The molecule has 0 fully saturated rings. The van der Waals surface area contributed by atoms with Crippen LogP contribution in [0.1, 0.15) is 16.1 Å². The van der Waals surface area contributed by atoms with Crippen molar-refractivity contribution in [3.05, 3.63) is 72.1 Å². The predicted molar refractivity (Wildman–Crippen MR) is 99.2 cm³/mol. The molecule has 0 atom stereocenters. The number of para-hydroxylation sites is 1. The number of aromatic nitrogens is 1. The van der Waals surface area contributed by atoms with Gasteiger partial charge in [0.15, 0.2) is 11.5 Å². The molecule has 0 unspecified atom stereocenters. The van der Waals surface area contributed by atoms with Crippen molar-refractivity contribution in [1.29, 1.82) is 0 Å². The first-order valence-electron chi connectivity index (χ1n) is 8.19. The third-order valence-electron chi connectivity index (χ3n) is 4.05. The van der Waals surface area contributed by atoms with Gasteiger partial charge >= 0.3 is 0 Å². The number of hydrogen-bond donors (Lipinski definition) is 2. The largest absolute Gasteiger partial charge is 0.454 e. The second kappa shape index (κ2) is 6.76. The number of carbonyl (C=O) groups is 1. The number of rotatable bonds is 4. The van der Waals surface area contributed by atoms with Gasteiger partial charge in [0.05, 0.1) is 11.9 Å². The Morgan fingerprint density at radius 2 is 1.81 bits per heavy atom. The molecular formula is C20H17N3O3. The van der Waals surface area contributed by atoms with E-state index in [9.17, 15) is 4.79 Å². The number of amides is 1. The summed E-state index contributed by atoms with van der Waals surface area (Å²) < 4.78 is 10.6. The maximum absolute atomic E-state index is 12.4. The van der Waals surface area contributed by atoms with E-state index in [0.29, 0.717) is 22.9 Å². The minimum Gasteiger partial charge on any atom is -0.454 e. The second-order valence-electron chi connectivity index (χ2n) is 5.89. The molecule has 26 heavy (non-hydrogen) atoms. The van der Waals surface area contributed by atoms with E-state index in [2.05, 4.69) is 15.6 Å². The Labute approximate surface area is 150 Å². The lowest BCUT2D eigenvalue weighted by Gasteiger charge is -2.10. The highest BCUT2D eigenvalue weighted by atomic mass is 16.7. The van der Waals surface area contributed by atoms with Crippen molar-refractivity contribution in [1.82, 2.24) is 4.98 Å². The van der Waals surface area contributed by atoms with Gasteiger partial charge in [0.2, 0.25) is 6.79 Å². The summed E-state index contributed by atoms with van der Waals surface area (Å²) in [5.41, 5.74) is 3.92. The van der Waals surface area contributed by atoms with Gasteiger partial charge in [-0.3, -0.25) is 4.79 Å². The van der Waals surface area contributed by atoms with Crippen molar-refractivity contribution in [2.24, 2.45) is 0 Å². The topological polar surface area (TPSA) is 72.5 Å². The standard InChI is InChI=1S/C20H17N3O3/c1-13-4-2-3-5-16(13)22-15-6-8-17(21-11-15)20(24)23-14-7-9-18-19(10-14)26-12-25-18/h2-11,22H,12H2,1H3,(H,23,24). The summed E-state index contributed by atoms with van der Waals surface area (Å²) in [7, 11) is 0. The zero-order valence-corrected chi connectivity index (χ0v) is 14.2. The minimum atomic E-state index is -0.286. The predicted octanol–water partition coefficient (Wildman–Crippen LogP) is 4.11. The van der Waals surface area contributed by atoms with Gasteiger partial charge in [-0.05, 0) is 42.8 Å². The molecule has 2 aromatic carbocycles. The zero-order chi connectivity index (χ0) is 17.9. The fourth-order valence-electron chi connectivity index (χ4n) is 2.64.